The highest BCUT2D eigenvalue weighted by molar-refractivity contribution is 7.92. The fourth-order valence-electron chi connectivity index (χ4n) is 3.16. The summed E-state index contributed by atoms with van der Waals surface area (Å²) >= 11 is 5.80. The van der Waals surface area contributed by atoms with Crippen LogP contribution in [0.4, 0.5) is 14.5 Å². The number of anilines is 1. The van der Waals surface area contributed by atoms with Crippen molar-refractivity contribution in [2.45, 2.75) is 39.3 Å². The van der Waals surface area contributed by atoms with Gasteiger partial charge in [0.05, 0.1) is 17.0 Å². The van der Waals surface area contributed by atoms with E-state index in [4.69, 9.17) is 11.6 Å². The summed E-state index contributed by atoms with van der Waals surface area (Å²) in [6, 6.07) is 7.78. The molecule has 1 atom stereocenters. The fraction of sp³-hybridized carbons (Fsp3) is 0.391. The molecule has 2 rings (SSSR count). The van der Waals surface area contributed by atoms with Crippen molar-refractivity contribution in [1.82, 2.24) is 10.2 Å². The topological polar surface area (TPSA) is 86.8 Å². The summed E-state index contributed by atoms with van der Waals surface area (Å²) in [5.74, 6) is -2.27. The second kappa shape index (κ2) is 12.1. The van der Waals surface area contributed by atoms with Crippen LogP contribution in [-0.4, -0.2) is 50.5 Å². The molecule has 1 N–H and O–H groups in total. The Morgan fingerprint density at radius 1 is 1.12 bits per heavy atom. The minimum Gasteiger partial charge on any atom is -0.354 e. The van der Waals surface area contributed by atoms with Crippen LogP contribution in [0.25, 0.3) is 0 Å². The van der Waals surface area contributed by atoms with Crippen molar-refractivity contribution in [2.75, 3.05) is 23.7 Å². The van der Waals surface area contributed by atoms with Gasteiger partial charge in [0, 0.05) is 13.1 Å². The van der Waals surface area contributed by atoms with Crippen molar-refractivity contribution in [3.8, 4) is 0 Å². The Morgan fingerprint density at radius 2 is 1.76 bits per heavy atom. The van der Waals surface area contributed by atoms with Crippen molar-refractivity contribution < 1.29 is 26.8 Å². The van der Waals surface area contributed by atoms with Gasteiger partial charge in [-0.2, -0.15) is 0 Å². The van der Waals surface area contributed by atoms with E-state index in [1.807, 2.05) is 6.92 Å². The summed E-state index contributed by atoms with van der Waals surface area (Å²) in [4.78, 5) is 27.2. The summed E-state index contributed by atoms with van der Waals surface area (Å²) in [7, 11) is -3.96. The van der Waals surface area contributed by atoms with Crippen LogP contribution in [0, 0.1) is 11.6 Å². The number of carbonyl (C=O) groups excluding carboxylic acids is 2. The second-order valence-electron chi connectivity index (χ2n) is 7.84. The third-order valence-corrected chi connectivity index (χ3v) is 6.56. The Labute approximate surface area is 203 Å². The summed E-state index contributed by atoms with van der Waals surface area (Å²) in [6.45, 7) is 3.24. The van der Waals surface area contributed by atoms with Crippen molar-refractivity contribution in [3.63, 3.8) is 0 Å². The predicted molar refractivity (Wildman–Crippen MR) is 128 cm³/mol. The molecule has 0 aliphatic rings. The Hall–Kier alpha value is -2.72. The van der Waals surface area contributed by atoms with Gasteiger partial charge in [0.1, 0.15) is 24.2 Å². The first kappa shape index (κ1) is 27.5. The molecule has 0 bridgehead atoms. The van der Waals surface area contributed by atoms with Crippen LogP contribution in [0.1, 0.15) is 32.3 Å². The van der Waals surface area contributed by atoms with Crippen LogP contribution >= 0.6 is 11.6 Å². The lowest BCUT2D eigenvalue weighted by Gasteiger charge is -2.31. The molecular weight excluding hydrogens is 488 g/mol. The van der Waals surface area contributed by atoms with Gasteiger partial charge in [-0.25, -0.2) is 17.2 Å². The molecule has 0 fully saturated rings. The average Bonchev–Trinajstić information content (AvgIpc) is 2.77. The number of nitrogens with zero attached hydrogens (tertiary/aromatic N) is 2. The minimum atomic E-state index is -3.96. The number of nitrogens with one attached hydrogen (secondary N) is 1. The number of carbonyl (C=O) groups is 2. The highest BCUT2D eigenvalue weighted by Gasteiger charge is 2.30. The molecule has 34 heavy (non-hydrogen) atoms. The largest absolute Gasteiger partial charge is 0.354 e. The van der Waals surface area contributed by atoms with E-state index in [0.717, 1.165) is 35.5 Å². The number of unbranched alkanes of at least 4 members (excludes halogenated alkanes) is 1. The lowest BCUT2D eigenvalue weighted by atomic mass is 10.1. The van der Waals surface area contributed by atoms with Gasteiger partial charge < -0.3 is 10.2 Å². The van der Waals surface area contributed by atoms with Crippen molar-refractivity contribution >= 4 is 39.1 Å². The number of hydrogen-bond acceptors (Lipinski definition) is 4. The smallest absolute Gasteiger partial charge is 0.244 e. The van der Waals surface area contributed by atoms with Crippen LogP contribution in [-0.2, 0) is 26.2 Å². The quantitative estimate of drug-likeness (QED) is 0.462. The number of halogens is 3. The van der Waals surface area contributed by atoms with Gasteiger partial charge in [-0.15, -0.1) is 0 Å². The molecule has 0 spiro atoms. The molecular formula is C23H28ClF2N3O4S. The maximum Gasteiger partial charge on any atom is 0.244 e. The Kier molecular flexibility index (Phi) is 9.81. The molecule has 0 aromatic heterocycles. The van der Waals surface area contributed by atoms with Crippen LogP contribution in [0.15, 0.2) is 42.5 Å². The van der Waals surface area contributed by atoms with Crippen LogP contribution in [0.2, 0.25) is 5.02 Å². The molecule has 186 valence electrons. The molecule has 0 aliphatic carbocycles. The van der Waals surface area contributed by atoms with Gasteiger partial charge in [-0.3, -0.25) is 13.9 Å². The van der Waals surface area contributed by atoms with E-state index >= 15 is 0 Å². The maximum absolute atomic E-state index is 13.6. The van der Waals surface area contributed by atoms with Crippen LogP contribution in [0.3, 0.4) is 0 Å². The molecule has 11 heteroatoms. The zero-order chi connectivity index (χ0) is 25.5. The normalized spacial score (nSPS) is 12.2. The van der Waals surface area contributed by atoms with Crippen molar-refractivity contribution in [2.24, 2.45) is 0 Å². The predicted octanol–water partition coefficient (Wildman–Crippen LogP) is 3.72. The zero-order valence-electron chi connectivity index (χ0n) is 19.2. The molecule has 0 unspecified atom stereocenters. The van der Waals surface area contributed by atoms with Gasteiger partial charge in [-0.05, 0) is 49.2 Å². The lowest BCUT2D eigenvalue weighted by Crippen LogP contribution is -2.51. The lowest BCUT2D eigenvalue weighted by molar-refractivity contribution is -0.139. The molecule has 0 saturated carbocycles. The minimum absolute atomic E-state index is 0.00373. The highest BCUT2D eigenvalue weighted by atomic mass is 35.5. The highest BCUT2D eigenvalue weighted by Crippen LogP contribution is 2.25. The second-order valence-corrected chi connectivity index (χ2v) is 10.2. The molecule has 0 radical (unpaired) electrons. The first-order valence-corrected chi connectivity index (χ1v) is 12.9. The van der Waals surface area contributed by atoms with Crippen molar-refractivity contribution in [1.29, 1.82) is 0 Å². The van der Waals surface area contributed by atoms with E-state index in [1.165, 1.54) is 42.2 Å². The SMILES string of the molecule is CCCCNC(=O)[C@H](C)N(Cc1ccc(F)cc1)C(=O)CN(c1ccc(F)c(Cl)c1)S(C)(=O)=O. The van der Waals surface area contributed by atoms with Gasteiger partial charge in [0.15, 0.2) is 0 Å². The summed E-state index contributed by atoms with van der Waals surface area (Å²) in [6.07, 6.45) is 2.54. The standard InChI is InChI=1S/C23H28ClF2N3O4S/c1-4-5-12-27-23(31)16(2)28(14-17-6-8-18(25)9-7-17)22(30)15-29(34(3,32)33)19-10-11-21(26)20(24)13-19/h6-11,13,16H,4-5,12,14-15H2,1-3H3,(H,27,31)/t16-/m0/s1. The molecule has 7 nitrogen and oxygen atoms in total. The van der Waals surface area contributed by atoms with Crippen molar-refractivity contribution in [3.05, 3.63) is 64.7 Å². The molecule has 0 saturated heterocycles. The third kappa shape index (κ3) is 7.66. The summed E-state index contributed by atoms with van der Waals surface area (Å²) in [5.41, 5.74) is 0.558. The van der Waals surface area contributed by atoms with E-state index < -0.39 is 46.1 Å². The number of sulfonamides is 1. The van der Waals surface area contributed by atoms with E-state index in [-0.39, 0.29) is 17.3 Å². The third-order valence-electron chi connectivity index (χ3n) is 5.13. The van der Waals surface area contributed by atoms with Crippen LogP contribution in [0.5, 0.6) is 0 Å². The Morgan fingerprint density at radius 3 is 2.32 bits per heavy atom. The van der Waals surface area contributed by atoms with Gasteiger partial charge >= 0.3 is 0 Å². The Balaban J connectivity index is 2.35. The van der Waals surface area contributed by atoms with Gasteiger partial charge in [0.2, 0.25) is 21.8 Å². The monoisotopic (exact) mass is 515 g/mol. The molecule has 2 amide bonds. The number of amides is 2. The average molecular weight is 516 g/mol. The number of rotatable bonds is 11. The van der Waals surface area contributed by atoms with E-state index in [9.17, 15) is 26.8 Å². The molecule has 2 aromatic carbocycles. The molecule has 0 heterocycles. The van der Waals surface area contributed by atoms with Crippen LogP contribution < -0.4 is 9.62 Å². The van der Waals surface area contributed by atoms with E-state index in [2.05, 4.69) is 5.32 Å². The first-order valence-electron chi connectivity index (χ1n) is 10.7. The zero-order valence-corrected chi connectivity index (χ0v) is 20.8. The van der Waals surface area contributed by atoms with E-state index in [0.29, 0.717) is 12.1 Å². The van der Waals surface area contributed by atoms with E-state index in [1.54, 1.807) is 0 Å². The molecule has 2 aromatic rings. The van der Waals surface area contributed by atoms with Gasteiger partial charge in [0.25, 0.3) is 0 Å². The fourth-order valence-corrected chi connectivity index (χ4v) is 4.18. The maximum atomic E-state index is 13.6. The van der Waals surface area contributed by atoms with Gasteiger partial charge in [-0.1, -0.05) is 37.1 Å². The number of hydrogen-bond donors (Lipinski definition) is 1. The summed E-state index contributed by atoms with van der Waals surface area (Å²) < 4.78 is 52.6. The number of benzene rings is 2. The first-order chi connectivity index (χ1) is 15.9. The Bertz CT molecular complexity index is 1110. The summed E-state index contributed by atoms with van der Waals surface area (Å²) in [5, 5.41) is 2.46. The molecule has 0 aliphatic heterocycles.